The molecule has 110 valence electrons. The summed E-state index contributed by atoms with van der Waals surface area (Å²) < 4.78 is 0. The number of nitrogens with zero attached hydrogens (tertiary/aromatic N) is 2. The molecule has 0 bridgehead atoms. The van der Waals surface area contributed by atoms with Gasteiger partial charge in [-0.15, -0.1) is 0 Å². The number of amides is 1. The van der Waals surface area contributed by atoms with E-state index < -0.39 is 0 Å². The Bertz CT molecular complexity index is 403. The monoisotopic (exact) mass is 277 g/mol. The van der Waals surface area contributed by atoms with Crippen molar-refractivity contribution < 1.29 is 9.90 Å². The van der Waals surface area contributed by atoms with Crippen LogP contribution in [0.25, 0.3) is 0 Å². The summed E-state index contributed by atoms with van der Waals surface area (Å²) in [5.74, 6) is 0.157. The van der Waals surface area contributed by atoms with E-state index in [1.54, 1.807) is 0 Å². The largest absolute Gasteiger partial charge is 0.395 e. The second-order valence-corrected chi connectivity index (χ2v) is 5.04. The van der Waals surface area contributed by atoms with Gasteiger partial charge >= 0.3 is 0 Å². The zero-order valence-electron chi connectivity index (χ0n) is 11.8. The van der Waals surface area contributed by atoms with Crippen molar-refractivity contribution in [2.45, 2.75) is 6.54 Å². The molecule has 1 saturated heterocycles. The minimum absolute atomic E-state index is 0.157. The summed E-state index contributed by atoms with van der Waals surface area (Å²) in [7, 11) is 0. The van der Waals surface area contributed by atoms with E-state index in [9.17, 15) is 4.79 Å². The smallest absolute Gasteiger partial charge is 0.236 e. The number of hydrogen-bond donors (Lipinski definition) is 2. The maximum absolute atomic E-state index is 12.0. The molecule has 1 aromatic carbocycles. The lowest BCUT2D eigenvalue weighted by molar-refractivity contribution is -0.132. The van der Waals surface area contributed by atoms with Crippen molar-refractivity contribution in [1.82, 2.24) is 15.1 Å². The van der Waals surface area contributed by atoms with Crippen LogP contribution in [-0.2, 0) is 11.3 Å². The van der Waals surface area contributed by atoms with E-state index in [1.807, 2.05) is 35.2 Å². The third-order valence-corrected chi connectivity index (χ3v) is 3.59. The number of carbonyl (C=O) groups excluding carboxylic acids is 1. The van der Waals surface area contributed by atoms with Gasteiger partial charge in [0.05, 0.1) is 13.2 Å². The quantitative estimate of drug-likeness (QED) is 0.763. The lowest BCUT2D eigenvalue weighted by Gasteiger charge is -2.34. The van der Waals surface area contributed by atoms with Crippen LogP contribution in [0.5, 0.6) is 0 Å². The van der Waals surface area contributed by atoms with Gasteiger partial charge in [-0.1, -0.05) is 30.3 Å². The molecular weight excluding hydrogens is 254 g/mol. The lowest BCUT2D eigenvalue weighted by Crippen LogP contribution is -2.51. The predicted octanol–water partition coefficient (Wildman–Crippen LogP) is -0.0873. The summed E-state index contributed by atoms with van der Waals surface area (Å²) in [5, 5.41) is 12.1. The fourth-order valence-corrected chi connectivity index (χ4v) is 2.38. The molecule has 0 saturated carbocycles. The first kappa shape index (κ1) is 15.0. The van der Waals surface area contributed by atoms with E-state index in [-0.39, 0.29) is 12.5 Å². The van der Waals surface area contributed by atoms with Crippen LogP contribution < -0.4 is 5.32 Å². The molecule has 1 aromatic rings. The molecule has 1 amide bonds. The van der Waals surface area contributed by atoms with Gasteiger partial charge in [-0.25, -0.2) is 0 Å². The van der Waals surface area contributed by atoms with Gasteiger partial charge in [0.2, 0.25) is 5.91 Å². The minimum Gasteiger partial charge on any atom is -0.395 e. The van der Waals surface area contributed by atoms with E-state index in [0.717, 1.165) is 32.7 Å². The van der Waals surface area contributed by atoms with Crippen LogP contribution in [0.1, 0.15) is 5.56 Å². The molecule has 0 atom stereocenters. The second-order valence-electron chi connectivity index (χ2n) is 5.04. The highest BCUT2D eigenvalue weighted by atomic mass is 16.3. The Labute approximate surface area is 120 Å². The molecule has 20 heavy (non-hydrogen) atoms. The summed E-state index contributed by atoms with van der Waals surface area (Å²) in [6.45, 7) is 5.21. The Hall–Kier alpha value is -1.43. The van der Waals surface area contributed by atoms with Crippen LogP contribution >= 0.6 is 0 Å². The molecule has 0 spiro atoms. The molecule has 5 nitrogen and oxygen atoms in total. The van der Waals surface area contributed by atoms with Crippen molar-refractivity contribution in [3.63, 3.8) is 0 Å². The summed E-state index contributed by atoms with van der Waals surface area (Å²) >= 11 is 0. The zero-order valence-corrected chi connectivity index (χ0v) is 11.8. The number of piperazine rings is 1. The van der Waals surface area contributed by atoms with Crippen LogP contribution in [-0.4, -0.2) is 66.7 Å². The molecule has 2 N–H and O–H groups in total. The van der Waals surface area contributed by atoms with Gasteiger partial charge in [0.1, 0.15) is 0 Å². The molecule has 1 aliphatic heterocycles. The first-order chi connectivity index (χ1) is 9.79. The molecule has 0 aromatic heterocycles. The third-order valence-electron chi connectivity index (χ3n) is 3.59. The number of benzene rings is 1. The Kier molecular flexibility index (Phi) is 5.98. The molecule has 5 heteroatoms. The predicted molar refractivity (Wildman–Crippen MR) is 78.3 cm³/mol. The molecule has 0 unspecified atom stereocenters. The standard InChI is InChI=1S/C15H23N3O2/c19-11-10-17-6-8-18(9-7-17)15(20)13-16-12-14-4-2-1-3-5-14/h1-5,16,19H,6-13H2. The maximum atomic E-state index is 12.0. The second kappa shape index (κ2) is 7.99. The summed E-state index contributed by atoms with van der Waals surface area (Å²) in [6.07, 6.45) is 0. The van der Waals surface area contributed by atoms with Gasteiger partial charge in [0, 0.05) is 39.3 Å². The van der Waals surface area contributed by atoms with Crippen molar-refractivity contribution >= 4 is 5.91 Å². The topological polar surface area (TPSA) is 55.8 Å². The molecule has 2 rings (SSSR count). The highest BCUT2D eigenvalue weighted by molar-refractivity contribution is 5.78. The number of carbonyl (C=O) groups is 1. The van der Waals surface area contributed by atoms with E-state index in [4.69, 9.17) is 5.11 Å². The number of nitrogens with one attached hydrogen (secondary N) is 1. The van der Waals surface area contributed by atoms with Crippen LogP contribution in [0.2, 0.25) is 0 Å². The number of β-amino-alcohol motifs (C(OH)–C–C–N with tert-alkyl or cyclic N) is 1. The van der Waals surface area contributed by atoms with Crippen LogP contribution in [0.4, 0.5) is 0 Å². The number of aliphatic hydroxyl groups is 1. The van der Waals surface area contributed by atoms with Gasteiger partial charge < -0.3 is 15.3 Å². The first-order valence-electron chi connectivity index (χ1n) is 7.15. The molecule has 0 aliphatic carbocycles. The van der Waals surface area contributed by atoms with Crippen LogP contribution in [0.15, 0.2) is 30.3 Å². The Morgan fingerprint density at radius 1 is 1.15 bits per heavy atom. The zero-order chi connectivity index (χ0) is 14.2. The minimum atomic E-state index is 0.157. The fraction of sp³-hybridized carbons (Fsp3) is 0.533. The van der Waals surface area contributed by atoms with Gasteiger partial charge in [0.25, 0.3) is 0 Å². The SMILES string of the molecule is O=C(CNCc1ccccc1)N1CCN(CCO)CC1. The Balaban J connectivity index is 1.66. The average Bonchev–Trinajstić information content (AvgIpc) is 2.49. The van der Waals surface area contributed by atoms with Crippen molar-refractivity contribution in [3.8, 4) is 0 Å². The maximum Gasteiger partial charge on any atom is 0.236 e. The lowest BCUT2D eigenvalue weighted by atomic mass is 10.2. The Morgan fingerprint density at radius 2 is 1.85 bits per heavy atom. The number of rotatable bonds is 6. The average molecular weight is 277 g/mol. The van der Waals surface area contributed by atoms with Crippen molar-refractivity contribution in [2.24, 2.45) is 0 Å². The van der Waals surface area contributed by atoms with Crippen molar-refractivity contribution in [1.29, 1.82) is 0 Å². The van der Waals surface area contributed by atoms with Crippen molar-refractivity contribution in [2.75, 3.05) is 45.9 Å². The molecular formula is C15H23N3O2. The highest BCUT2D eigenvalue weighted by Crippen LogP contribution is 2.02. The Morgan fingerprint density at radius 3 is 2.50 bits per heavy atom. The molecule has 0 radical (unpaired) electrons. The summed E-state index contributed by atoms with van der Waals surface area (Å²) in [4.78, 5) is 16.1. The van der Waals surface area contributed by atoms with E-state index in [0.29, 0.717) is 13.1 Å². The summed E-state index contributed by atoms with van der Waals surface area (Å²) in [5.41, 5.74) is 1.19. The summed E-state index contributed by atoms with van der Waals surface area (Å²) in [6, 6.07) is 10.1. The third kappa shape index (κ3) is 4.59. The number of hydrogen-bond acceptors (Lipinski definition) is 4. The first-order valence-corrected chi connectivity index (χ1v) is 7.15. The van der Waals surface area contributed by atoms with E-state index in [2.05, 4.69) is 10.2 Å². The molecule has 1 fully saturated rings. The molecule has 1 aliphatic rings. The highest BCUT2D eigenvalue weighted by Gasteiger charge is 2.19. The van der Waals surface area contributed by atoms with Gasteiger partial charge in [0.15, 0.2) is 0 Å². The number of aliphatic hydroxyl groups excluding tert-OH is 1. The van der Waals surface area contributed by atoms with Gasteiger partial charge in [-0.2, -0.15) is 0 Å². The van der Waals surface area contributed by atoms with E-state index >= 15 is 0 Å². The van der Waals surface area contributed by atoms with E-state index in [1.165, 1.54) is 5.56 Å². The normalized spacial score (nSPS) is 16.4. The van der Waals surface area contributed by atoms with Crippen LogP contribution in [0, 0.1) is 0 Å². The van der Waals surface area contributed by atoms with Gasteiger partial charge in [-0.3, -0.25) is 9.69 Å². The molecule has 1 heterocycles. The van der Waals surface area contributed by atoms with Crippen molar-refractivity contribution in [3.05, 3.63) is 35.9 Å². The van der Waals surface area contributed by atoms with Gasteiger partial charge in [-0.05, 0) is 5.56 Å². The fourth-order valence-electron chi connectivity index (χ4n) is 2.38. The van der Waals surface area contributed by atoms with Crippen LogP contribution in [0.3, 0.4) is 0 Å².